The summed E-state index contributed by atoms with van der Waals surface area (Å²) in [6.45, 7) is 2.14. The van der Waals surface area contributed by atoms with Crippen molar-refractivity contribution >= 4 is 24.0 Å². The van der Waals surface area contributed by atoms with Crippen LogP contribution in [0.1, 0.15) is 11.5 Å². The molecule has 2 aromatic rings. The Morgan fingerprint density at radius 3 is 2.54 bits per heavy atom. The van der Waals surface area contributed by atoms with Crippen LogP contribution in [0.15, 0.2) is 48.5 Å². The minimum absolute atomic E-state index is 0. The smallest absolute Gasteiger partial charge is 0.238 e. The van der Waals surface area contributed by atoms with E-state index >= 15 is 0 Å². The molecule has 0 spiro atoms. The normalized spacial score (nSPS) is 19.8. The van der Waals surface area contributed by atoms with Crippen molar-refractivity contribution in [1.82, 2.24) is 4.90 Å². The highest BCUT2D eigenvalue weighted by Crippen LogP contribution is 2.31. The summed E-state index contributed by atoms with van der Waals surface area (Å²) >= 11 is 0. The second kappa shape index (κ2) is 9.07. The fourth-order valence-electron chi connectivity index (χ4n) is 3.39. The number of nitrogens with two attached hydrogens (primary N) is 1. The van der Waals surface area contributed by atoms with E-state index in [4.69, 9.17) is 5.73 Å². The number of halogens is 3. The third-order valence-corrected chi connectivity index (χ3v) is 4.62. The molecule has 1 aliphatic heterocycles. The lowest BCUT2D eigenvalue weighted by atomic mass is 9.89. The van der Waals surface area contributed by atoms with Crippen molar-refractivity contribution in [3.63, 3.8) is 0 Å². The molecule has 3 N–H and O–H groups in total. The molecule has 26 heavy (non-hydrogen) atoms. The van der Waals surface area contributed by atoms with E-state index in [-0.39, 0.29) is 42.4 Å². The largest absolute Gasteiger partial charge is 0.330 e. The van der Waals surface area contributed by atoms with Crippen molar-refractivity contribution < 1.29 is 13.6 Å². The number of nitrogens with zero attached hydrogens (tertiary/aromatic N) is 1. The van der Waals surface area contributed by atoms with Gasteiger partial charge in [0.15, 0.2) is 0 Å². The third-order valence-electron chi connectivity index (χ3n) is 4.62. The summed E-state index contributed by atoms with van der Waals surface area (Å²) in [5.41, 5.74) is 7.10. The summed E-state index contributed by atoms with van der Waals surface area (Å²) < 4.78 is 26.6. The second-order valence-electron chi connectivity index (χ2n) is 6.38. The van der Waals surface area contributed by atoms with Gasteiger partial charge in [0, 0.05) is 25.1 Å². The second-order valence-corrected chi connectivity index (χ2v) is 6.38. The quantitative estimate of drug-likeness (QED) is 0.837. The van der Waals surface area contributed by atoms with Gasteiger partial charge in [0.1, 0.15) is 11.6 Å². The predicted molar refractivity (Wildman–Crippen MR) is 100 cm³/mol. The first kappa shape index (κ1) is 20.3. The summed E-state index contributed by atoms with van der Waals surface area (Å²) in [5.74, 6) is -1.22. The Hall–Kier alpha value is -2.02. The highest BCUT2D eigenvalue weighted by atomic mass is 35.5. The lowest BCUT2D eigenvalue weighted by Gasteiger charge is -2.16. The molecule has 2 atom stereocenters. The fourth-order valence-corrected chi connectivity index (χ4v) is 3.39. The number of hydrogen-bond acceptors (Lipinski definition) is 3. The van der Waals surface area contributed by atoms with Crippen LogP contribution >= 0.6 is 12.4 Å². The van der Waals surface area contributed by atoms with Gasteiger partial charge in [-0.3, -0.25) is 9.69 Å². The summed E-state index contributed by atoms with van der Waals surface area (Å²) in [6.07, 6.45) is 0. The van der Waals surface area contributed by atoms with Crippen LogP contribution in [-0.4, -0.2) is 37.0 Å². The standard InChI is InChI=1S/C19H21F2N3O.ClH/c20-15-6-7-18(17(21)8-15)23-19(25)12-24-10-14(9-22)16(11-24)13-4-2-1-3-5-13;/h1-8,14,16H,9-12,22H2,(H,23,25);1H/t14-,16+;/m1./s1. The van der Waals surface area contributed by atoms with Crippen LogP contribution in [0.2, 0.25) is 0 Å². The number of amides is 1. The Bertz CT molecular complexity index is 745. The SMILES string of the molecule is Cl.NC[C@@H]1CN(CC(=O)Nc2ccc(F)cc2F)C[C@H]1c1ccccc1. The zero-order valence-electron chi connectivity index (χ0n) is 14.2. The van der Waals surface area contributed by atoms with Gasteiger partial charge in [0.05, 0.1) is 12.2 Å². The van der Waals surface area contributed by atoms with Crippen molar-refractivity contribution in [2.75, 3.05) is 31.5 Å². The molecule has 0 radical (unpaired) electrons. The fraction of sp³-hybridized carbons (Fsp3) is 0.316. The number of hydrogen-bond donors (Lipinski definition) is 2. The maximum atomic E-state index is 13.6. The average Bonchev–Trinajstić information content (AvgIpc) is 3.01. The van der Waals surface area contributed by atoms with Gasteiger partial charge in [-0.15, -0.1) is 12.4 Å². The average molecular weight is 382 g/mol. The van der Waals surface area contributed by atoms with Gasteiger partial charge in [-0.25, -0.2) is 8.78 Å². The van der Waals surface area contributed by atoms with Crippen molar-refractivity contribution in [3.05, 3.63) is 65.7 Å². The van der Waals surface area contributed by atoms with E-state index in [2.05, 4.69) is 17.4 Å². The number of likely N-dealkylation sites (tertiary alicyclic amines) is 1. The molecule has 1 saturated heterocycles. The topological polar surface area (TPSA) is 58.4 Å². The van der Waals surface area contributed by atoms with E-state index < -0.39 is 11.6 Å². The van der Waals surface area contributed by atoms with Crippen LogP contribution in [0.5, 0.6) is 0 Å². The minimum Gasteiger partial charge on any atom is -0.330 e. The van der Waals surface area contributed by atoms with Gasteiger partial charge in [-0.2, -0.15) is 0 Å². The van der Waals surface area contributed by atoms with Crippen LogP contribution in [0, 0.1) is 17.6 Å². The van der Waals surface area contributed by atoms with Gasteiger partial charge >= 0.3 is 0 Å². The monoisotopic (exact) mass is 381 g/mol. The molecule has 4 nitrogen and oxygen atoms in total. The molecule has 0 aromatic heterocycles. The van der Waals surface area contributed by atoms with Gasteiger partial charge in [-0.05, 0) is 30.2 Å². The van der Waals surface area contributed by atoms with Crippen LogP contribution in [0.4, 0.5) is 14.5 Å². The van der Waals surface area contributed by atoms with Gasteiger partial charge in [0.25, 0.3) is 0 Å². The van der Waals surface area contributed by atoms with Crippen LogP contribution in [0.25, 0.3) is 0 Å². The van der Waals surface area contributed by atoms with Crippen molar-refractivity contribution in [3.8, 4) is 0 Å². The molecular weight excluding hydrogens is 360 g/mol. The molecule has 0 unspecified atom stereocenters. The molecule has 1 fully saturated rings. The Morgan fingerprint density at radius 1 is 1.15 bits per heavy atom. The summed E-state index contributed by atoms with van der Waals surface area (Å²) in [6, 6.07) is 13.2. The van der Waals surface area contributed by atoms with E-state index in [1.807, 2.05) is 23.1 Å². The zero-order chi connectivity index (χ0) is 17.8. The maximum Gasteiger partial charge on any atom is 0.238 e. The Morgan fingerprint density at radius 2 is 1.88 bits per heavy atom. The highest BCUT2D eigenvalue weighted by molar-refractivity contribution is 5.92. The number of anilines is 1. The first-order valence-electron chi connectivity index (χ1n) is 8.29. The van der Waals surface area contributed by atoms with Crippen LogP contribution in [-0.2, 0) is 4.79 Å². The number of nitrogens with one attached hydrogen (secondary N) is 1. The lowest BCUT2D eigenvalue weighted by molar-refractivity contribution is -0.117. The third kappa shape index (κ3) is 4.78. The first-order chi connectivity index (χ1) is 12.1. The predicted octanol–water partition coefficient (Wildman–Crippen LogP) is 3.00. The number of carbonyl (C=O) groups is 1. The van der Waals surface area contributed by atoms with Crippen molar-refractivity contribution in [1.29, 1.82) is 0 Å². The molecule has 1 aliphatic rings. The first-order valence-corrected chi connectivity index (χ1v) is 8.29. The summed E-state index contributed by atoms with van der Waals surface area (Å²) in [4.78, 5) is 14.2. The Labute approximate surface area is 157 Å². The van der Waals surface area contributed by atoms with E-state index in [1.165, 1.54) is 11.6 Å². The maximum absolute atomic E-state index is 13.6. The molecule has 3 rings (SSSR count). The molecule has 1 heterocycles. The number of rotatable bonds is 5. The van der Waals surface area contributed by atoms with Gasteiger partial charge in [-0.1, -0.05) is 30.3 Å². The molecule has 0 bridgehead atoms. The van der Waals surface area contributed by atoms with Gasteiger partial charge < -0.3 is 11.1 Å². The molecular formula is C19H22ClF2N3O. The summed E-state index contributed by atoms with van der Waals surface area (Å²) in [5, 5.41) is 2.50. The van der Waals surface area contributed by atoms with Gasteiger partial charge in [0.2, 0.25) is 5.91 Å². The van der Waals surface area contributed by atoms with E-state index in [9.17, 15) is 13.6 Å². The van der Waals surface area contributed by atoms with Crippen LogP contribution in [0.3, 0.4) is 0 Å². The number of benzene rings is 2. The molecule has 0 aliphatic carbocycles. The van der Waals surface area contributed by atoms with Crippen molar-refractivity contribution in [2.45, 2.75) is 5.92 Å². The Kier molecular flexibility index (Phi) is 7.08. The lowest BCUT2D eigenvalue weighted by Crippen LogP contribution is -2.32. The summed E-state index contributed by atoms with van der Waals surface area (Å²) in [7, 11) is 0. The van der Waals surface area contributed by atoms with Crippen molar-refractivity contribution in [2.24, 2.45) is 11.7 Å². The highest BCUT2D eigenvalue weighted by Gasteiger charge is 2.33. The minimum atomic E-state index is -0.781. The Balaban J connectivity index is 0.00000243. The van der Waals surface area contributed by atoms with E-state index in [0.29, 0.717) is 6.54 Å². The molecule has 140 valence electrons. The molecule has 0 saturated carbocycles. The van der Waals surface area contributed by atoms with Crippen LogP contribution < -0.4 is 11.1 Å². The number of carbonyl (C=O) groups excluding carboxylic acids is 1. The van der Waals surface area contributed by atoms with E-state index in [0.717, 1.165) is 25.2 Å². The molecule has 1 amide bonds. The molecule has 7 heteroatoms. The van der Waals surface area contributed by atoms with E-state index in [1.54, 1.807) is 0 Å². The zero-order valence-corrected chi connectivity index (χ0v) is 15.0. The molecule has 2 aromatic carbocycles.